The summed E-state index contributed by atoms with van der Waals surface area (Å²) in [6, 6.07) is 56.1. The summed E-state index contributed by atoms with van der Waals surface area (Å²) in [4.78, 5) is 10.4. The fraction of sp³-hybridized carbons (Fsp3) is 0. The molecule has 2 heteroatoms. The first-order valence-corrected chi connectivity index (χ1v) is 15.0. The normalized spacial score (nSPS) is 11.6. The highest BCUT2D eigenvalue weighted by atomic mass is 14.8. The number of fused-ring (bicyclic) bond motifs is 8. The quantitative estimate of drug-likeness (QED) is 0.202. The zero-order chi connectivity index (χ0) is 29.0. The van der Waals surface area contributed by atoms with Crippen LogP contribution in [0.1, 0.15) is 0 Å². The topological polar surface area (TPSA) is 25.8 Å². The van der Waals surface area contributed by atoms with E-state index >= 15 is 0 Å². The smallest absolute Gasteiger partial charge is 0.0973 e. The first kappa shape index (κ1) is 24.7. The maximum atomic E-state index is 5.27. The van der Waals surface area contributed by atoms with Crippen LogP contribution in [0.5, 0.6) is 0 Å². The second-order valence-electron chi connectivity index (χ2n) is 11.4. The van der Waals surface area contributed by atoms with E-state index in [-0.39, 0.29) is 0 Å². The largest absolute Gasteiger partial charge is 0.244 e. The monoisotopic (exact) mass is 558 g/mol. The lowest BCUT2D eigenvalue weighted by Crippen LogP contribution is -1.96. The van der Waals surface area contributed by atoms with Gasteiger partial charge in [0.25, 0.3) is 0 Å². The second kappa shape index (κ2) is 9.86. The third-order valence-electron chi connectivity index (χ3n) is 8.82. The summed E-state index contributed by atoms with van der Waals surface area (Å²) >= 11 is 0. The van der Waals surface area contributed by atoms with Crippen LogP contribution in [0.25, 0.3) is 87.8 Å². The van der Waals surface area contributed by atoms with Gasteiger partial charge in [-0.25, -0.2) is 9.97 Å². The highest BCUT2D eigenvalue weighted by Crippen LogP contribution is 2.41. The van der Waals surface area contributed by atoms with Gasteiger partial charge in [0.2, 0.25) is 0 Å². The first-order chi connectivity index (χ1) is 21.8. The Hall–Kier alpha value is -5.86. The second-order valence-corrected chi connectivity index (χ2v) is 11.4. The number of benzene rings is 8. The van der Waals surface area contributed by atoms with Crippen molar-refractivity contribution in [1.82, 2.24) is 9.97 Å². The van der Waals surface area contributed by atoms with E-state index in [1.807, 2.05) is 12.1 Å². The molecule has 1 aromatic heterocycles. The Bertz CT molecular complexity index is 2530. The van der Waals surface area contributed by atoms with Gasteiger partial charge in [-0.05, 0) is 72.4 Å². The summed E-state index contributed by atoms with van der Waals surface area (Å²) < 4.78 is 0. The molecule has 8 aromatic carbocycles. The van der Waals surface area contributed by atoms with E-state index in [0.717, 1.165) is 39.1 Å². The molecule has 0 N–H and O–H groups in total. The molecule has 9 rings (SSSR count). The maximum absolute atomic E-state index is 5.27. The van der Waals surface area contributed by atoms with Crippen molar-refractivity contribution in [3.8, 4) is 33.6 Å². The van der Waals surface area contributed by atoms with Crippen molar-refractivity contribution in [1.29, 1.82) is 0 Å². The Kier molecular flexibility index (Phi) is 5.54. The number of hydrogen-bond donors (Lipinski definition) is 0. The number of hydrogen-bond acceptors (Lipinski definition) is 2. The van der Waals surface area contributed by atoms with Gasteiger partial charge in [0.15, 0.2) is 0 Å². The van der Waals surface area contributed by atoms with Crippen molar-refractivity contribution in [3.05, 3.63) is 158 Å². The van der Waals surface area contributed by atoms with Crippen molar-refractivity contribution in [2.24, 2.45) is 0 Å². The van der Waals surface area contributed by atoms with Gasteiger partial charge in [0.05, 0.1) is 22.4 Å². The molecule has 0 bridgehead atoms. The standard InChI is InChI=1S/C42H26N2/c1-3-12-28(13-4-1)41-42(29-14-5-2-6-15-29)44-39-26-31(20-24-38(39)43-41)37-25-30-16-8-10-18-33(30)40-35-21-19-27-11-7-9-17-32(27)34(35)22-23-36(37)40/h1-26H. The molecular formula is C42H26N2. The van der Waals surface area contributed by atoms with Crippen LogP contribution in [0.15, 0.2) is 158 Å². The summed E-state index contributed by atoms with van der Waals surface area (Å²) in [5.41, 5.74) is 8.00. The van der Waals surface area contributed by atoms with Crippen LogP contribution in [-0.4, -0.2) is 9.97 Å². The first-order valence-electron chi connectivity index (χ1n) is 15.0. The molecule has 0 spiro atoms. The van der Waals surface area contributed by atoms with Crippen LogP contribution in [0.3, 0.4) is 0 Å². The molecule has 44 heavy (non-hydrogen) atoms. The number of nitrogens with zero attached hydrogens (tertiary/aromatic N) is 2. The van der Waals surface area contributed by atoms with Crippen LogP contribution in [0, 0.1) is 0 Å². The fourth-order valence-corrected chi connectivity index (χ4v) is 6.74. The minimum Gasteiger partial charge on any atom is -0.244 e. The minimum atomic E-state index is 0.883. The van der Waals surface area contributed by atoms with Crippen LogP contribution in [0.2, 0.25) is 0 Å². The molecule has 0 saturated carbocycles. The molecule has 0 atom stereocenters. The van der Waals surface area contributed by atoms with Crippen LogP contribution >= 0.6 is 0 Å². The molecule has 0 amide bonds. The Balaban J connectivity index is 1.32. The lowest BCUT2D eigenvalue weighted by molar-refractivity contribution is 1.29. The number of aromatic nitrogens is 2. The van der Waals surface area contributed by atoms with Crippen LogP contribution in [-0.2, 0) is 0 Å². The maximum Gasteiger partial charge on any atom is 0.0973 e. The molecule has 0 saturated heterocycles. The van der Waals surface area contributed by atoms with Crippen LogP contribution in [0.4, 0.5) is 0 Å². The van der Waals surface area contributed by atoms with Gasteiger partial charge in [0.1, 0.15) is 0 Å². The molecule has 0 aliphatic rings. The zero-order valence-corrected chi connectivity index (χ0v) is 23.9. The molecular weight excluding hydrogens is 532 g/mol. The van der Waals surface area contributed by atoms with Gasteiger partial charge in [-0.1, -0.05) is 140 Å². The third-order valence-corrected chi connectivity index (χ3v) is 8.82. The van der Waals surface area contributed by atoms with Crippen molar-refractivity contribution in [3.63, 3.8) is 0 Å². The molecule has 9 aromatic rings. The molecule has 0 aliphatic carbocycles. The lowest BCUT2D eigenvalue weighted by Gasteiger charge is -2.15. The fourth-order valence-electron chi connectivity index (χ4n) is 6.74. The molecule has 1 heterocycles. The summed E-state index contributed by atoms with van der Waals surface area (Å²) in [6.45, 7) is 0. The van der Waals surface area contributed by atoms with Gasteiger partial charge in [-0.3, -0.25) is 0 Å². The molecule has 0 aliphatic heterocycles. The van der Waals surface area contributed by atoms with E-state index in [4.69, 9.17) is 9.97 Å². The van der Waals surface area contributed by atoms with E-state index in [9.17, 15) is 0 Å². The average molecular weight is 559 g/mol. The van der Waals surface area contributed by atoms with Gasteiger partial charge in [-0.2, -0.15) is 0 Å². The number of rotatable bonds is 3. The summed E-state index contributed by atoms with van der Waals surface area (Å²) in [5.74, 6) is 0. The Labute approximate surface area is 254 Å². The van der Waals surface area contributed by atoms with Crippen molar-refractivity contribution < 1.29 is 0 Å². The van der Waals surface area contributed by atoms with E-state index < -0.39 is 0 Å². The SMILES string of the molecule is c1ccc(-c2nc3ccc(-c4cc5ccccc5c5c4ccc4c6ccccc6ccc45)cc3nc2-c2ccccc2)cc1. The predicted molar refractivity (Wildman–Crippen MR) is 186 cm³/mol. The molecule has 0 fully saturated rings. The van der Waals surface area contributed by atoms with Crippen molar-refractivity contribution >= 4 is 54.1 Å². The van der Waals surface area contributed by atoms with E-state index in [1.54, 1.807) is 0 Å². The molecule has 204 valence electrons. The highest BCUT2D eigenvalue weighted by Gasteiger charge is 2.16. The Morgan fingerprint density at radius 2 is 0.909 bits per heavy atom. The lowest BCUT2D eigenvalue weighted by atomic mass is 9.89. The summed E-state index contributed by atoms with van der Waals surface area (Å²) in [5, 5.41) is 10.1. The van der Waals surface area contributed by atoms with E-state index in [1.165, 1.54) is 48.7 Å². The van der Waals surface area contributed by atoms with Gasteiger partial charge in [-0.15, -0.1) is 0 Å². The van der Waals surface area contributed by atoms with Gasteiger partial charge in [0, 0.05) is 11.1 Å². The molecule has 0 radical (unpaired) electrons. The average Bonchev–Trinajstić information content (AvgIpc) is 3.10. The minimum absolute atomic E-state index is 0.883. The summed E-state index contributed by atoms with van der Waals surface area (Å²) in [7, 11) is 0. The third kappa shape index (κ3) is 3.89. The van der Waals surface area contributed by atoms with Gasteiger partial charge < -0.3 is 0 Å². The van der Waals surface area contributed by atoms with Crippen molar-refractivity contribution in [2.45, 2.75) is 0 Å². The Morgan fingerprint density at radius 1 is 0.318 bits per heavy atom. The van der Waals surface area contributed by atoms with Crippen LogP contribution < -0.4 is 0 Å². The summed E-state index contributed by atoms with van der Waals surface area (Å²) in [6.07, 6.45) is 0. The van der Waals surface area contributed by atoms with E-state index in [0.29, 0.717) is 0 Å². The van der Waals surface area contributed by atoms with Crippen molar-refractivity contribution in [2.75, 3.05) is 0 Å². The highest BCUT2D eigenvalue weighted by molar-refractivity contribution is 6.27. The predicted octanol–water partition coefficient (Wildman–Crippen LogP) is 11.2. The zero-order valence-electron chi connectivity index (χ0n) is 23.9. The molecule has 2 nitrogen and oxygen atoms in total. The Morgan fingerprint density at radius 3 is 1.66 bits per heavy atom. The van der Waals surface area contributed by atoms with Gasteiger partial charge >= 0.3 is 0 Å². The molecule has 0 unspecified atom stereocenters. The van der Waals surface area contributed by atoms with E-state index in [2.05, 4.69) is 146 Å².